The van der Waals surface area contributed by atoms with Crippen molar-refractivity contribution >= 4 is 23.2 Å². The number of halogens is 1. The van der Waals surface area contributed by atoms with Gasteiger partial charge < -0.3 is 9.42 Å². The van der Waals surface area contributed by atoms with Crippen LogP contribution in [0.15, 0.2) is 53.3 Å². The maximum atomic E-state index is 12.3. The summed E-state index contributed by atoms with van der Waals surface area (Å²) >= 11 is 5.90. The number of carbonyl (C=O) groups excluding carboxylic acids is 1. The van der Waals surface area contributed by atoms with Gasteiger partial charge in [-0.15, -0.1) is 0 Å². The number of hydrogen-bond acceptors (Lipinski definition) is 5. The molecular weight excluding hydrogens is 328 g/mol. The van der Waals surface area contributed by atoms with Crippen LogP contribution >= 0.6 is 11.6 Å². The van der Waals surface area contributed by atoms with Gasteiger partial charge >= 0.3 is 0 Å². The summed E-state index contributed by atoms with van der Waals surface area (Å²) in [5.74, 6) is 0.865. The molecule has 0 spiro atoms. The minimum atomic E-state index is -0.119. The van der Waals surface area contributed by atoms with E-state index in [1.807, 2.05) is 24.3 Å². The highest BCUT2D eigenvalue weighted by Gasteiger charge is 2.35. The van der Waals surface area contributed by atoms with E-state index in [0.717, 1.165) is 11.3 Å². The summed E-state index contributed by atoms with van der Waals surface area (Å²) in [6.45, 7) is 0.509. The number of nitrogens with zero attached hydrogens (tertiary/aromatic N) is 4. The first-order valence-electron chi connectivity index (χ1n) is 7.50. The van der Waals surface area contributed by atoms with Crippen LogP contribution in [-0.4, -0.2) is 27.6 Å². The van der Waals surface area contributed by atoms with Crippen LogP contribution in [0.25, 0.3) is 11.4 Å². The van der Waals surface area contributed by atoms with Crippen LogP contribution < -0.4 is 4.90 Å². The minimum absolute atomic E-state index is 0.0310. The summed E-state index contributed by atoms with van der Waals surface area (Å²) in [7, 11) is 0. The van der Waals surface area contributed by atoms with Gasteiger partial charge in [-0.2, -0.15) is 4.98 Å². The fraction of sp³-hybridized carbons (Fsp3) is 0.176. The molecule has 1 fully saturated rings. The van der Waals surface area contributed by atoms with Gasteiger partial charge in [0.1, 0.15) is 0 Å². The molecule has 7 heteroatoms. The highest BCUT2D eigenvalue weighted by molar-refractivity contribution is 6.30. The van der Waals surface area contributed by atoms with Gasteiger partial charge in [0.15, 0.2) is 0 Å². The van der Waals surface area contributed by atoms with Crippen molar-refractivity contribution in [2.75, 3.05) is 11.4 Å². The predicted octanol–water partition coefficient (Wildman–Crippen LogP) is 3.31. The number of pyridine rings is 1. The third kappa shape index (κ3) is 2.76. The number of anilines is 1. The molecule has 6 nitrogen and oxygen atoms in total. The quantitative estimate of drug-likeness (QED) is 0.731. The minimum Gasteiger partial charge on any atom is -0.339 e. The smallest absolute Gasteiger partial charge is 0.232 e. The maximum Gasteiger partial charge on any atom is 0.232 e. The second kappa shape index (κ2) is 6.05. The first-order chi connectivity index (χ1) is 11.7. The Morgan fingerprint density at radius 2 is 2.04 bits per heavy atom. The summed E-state index contributed by atoms with van der Waals surface area (Å²) < 4.78 is 5.37. The van der Waals surface area contributed by atoms with Crippen LogP contribution in [0, 0.1) is 0 Å². The fourth-order valence-electron chi connectivity index (χ4n) is 2.76. The average molecular weight is 341 g/mol. The standard InChI is InChI=1S/C17H13ClN4O2/c18-13-3-5-14(6-4-13)22-10-12(8-15(22)23)17-20-16(21-24-17)11-2-1-7-19-9-11/h1-7,9,12H,8,10H2/t12-/m0/s1. The molecule has 0 aliphatic carbocycles. The van der Waals surface area contributed by atoms with Crippen LogP contribution in [-0.2, 0) is 4.79 Å². The Bertz CT molecular complexity index is 864. The molecular formula is C17H13ClN4O2. The molecule has 1 atom stereocenters. The zero-order chi connectivity index (χ0) is 16.5. The summed E-state index contributed by atoms with van der Waals surface area (Å²) in [6, 6.07) is 10.9. The summed E-state index contributed by atoms with van der Waals surface area (Å²) in [6.07, 6.45) is 3.70. The largest absolute Gasteiger partial charge is 0.339 e. The van der Waals surface area contributed by atoms with Crippen molar-refractivity contribution < 1.29 is 9.32 Å². The highest BCUT2D eigenvalue weighted by atomic mass is 35.5. The van der Waals surface area contributed by atoms with Gasteiger partial charge in [0.25, 0.3) is 0 Å². The van der Waals surface area contributed by atoms with E-state index in [4.69, 9.17) is 16.1 Å². The number of benzene rings is 1. The second-order valence-corrected chi connectivity index (χ2v) is 6.02. The van der Waals surface area contributed by atoms with E-state index in [-0.39, 0.29) is 11.8 Å². The predicted molar refractivity (Wildman–Crippen MR) is 88.7 cm³/mol. The zero-order valence-corrected chi connectivity index (χ0v) is 13.3. The Labute approximate surface area is 143 Å². The van der Waals surface area contributed by atoms with Crippen LogP contribution in [0.3, 0.4) is 0 Å². The lowest BCUT2D eigenvalue weighted by atomic mass is 10.1. The monoisotopic (exact) mass is 340 g/mol. The average Bonchev–Trinajstić information content (AvgIpc) is 3.23. The molecule has 1 aromatic carbocycles. The number of carbonyl (C=O) groups is 1. The van der Waals surface area contributed by atoms with Crippen LogP contribution in [0.5, 0.6) is 0 Å². The molecule has 1 amide bonds. The summed E-state index contributed by atoms with van der Waals surface area (Å²) in [5, 5.41) is 4.63. The third-order valence-corrected chi connectivity index (χ3v) is 4.23. The molecule has 0 radical (unpaired) electrons. The molecule has 24 heavy (non-hydrogen) atoms. The van der Waals surface area contributed by atoms with Crippen molar-refractivity contribution in [1.29, 1.82) is 0 Å². The summed E-state index contributed by atoms with van der Waals surface area (Å²) in [4.78, 5) is 22.5. The van der Waals surface area contributed by atoms with Crippen molar-refractivity contribution in [2.45, 2.75) is 12.3 Å². The molecule has 0 saturated carbocycles. The van der Waals surface area contributed by atoms with E-state index in [2.05, 4.69) is 15.1 Å². The molecule has 3 heterocycles. The Morgan fingerprint density at radius 3 is 2.79 bits per heavy atom. The number of amides is 1. The molecule has 0 bridgehead atoms. The maximum absolute atomic E-state index is 12.3. The first-order valence-corrected chi connectivity index (χ1v) is 7.88. The topological polar surface area (TPSA) is 72.1 Å². The molecule has 120 valence electrons. The summed E-state index contributed by atoms with van der Waals surface area (Å²) in [5.41, 5.74) is 1.60. The van der Waals surface area contributed by atoms with Gasteiger partial charge in [0, 0.05) is 41.6 Å². The van der Waals surface area contributed by atoms with Crippen LogP contribution in [0.2, 0.25) is 5.02 Å². The highest BCUT2D eigenvalue weighted by Crippen LogP contribution is 2.32. The van der Waals surface area contributed by atoms with Gasteiger partial charge in [-0.1, -0.05) is 16.8 Å². The second-order valence-electron chi connectivity index (χ2n) is 5.58. The van der Waals surface area contributed by atoms with Crippen LogP contribution in [0.4, 0.5) is 5.69 Å². The van der Waals surface area contributed by atoms with Crippen LogP contribution in [0.1, 0.15) is 18.2 Å². The molecule has 0 unspecified atom stereocenters. The molecule has 2 aromatic heterocycles. The molecule has 1 saturated heterocycles. The number of rotatable bonds is 3. The van der Waals surface area contributed by atoms with Gasteiger partial charge in [-0.3, -0.25) is 9.78 Å². The van der Waals surface area contributed by atoms with E-state index in [0.29, 0.717) is 29.7 Å². The lowest BCUT2D eigenvalue weighted by Gasteiger charge is -2.15. The lowest BCUT2D eigenvalue weighted by molar-refractivity contribution is -0.117. The van der Waals surface area contributed by atoms with E-state index < -0.39 is 0 Å². The van der Waals surface area contributed by atoms with Crippen molar-refractivity contribution in [3.05, 3.63) is 59.7 Å². The Morgan fingerprint density at radius 1 is 1.21 bits per heavy atom. The van der Waals surface area contributed by atoms with E-state index in [1.165, 1.54) is 0 Å². The van der Waals surface area contributed by atoms with Gasteiger partial charge in [-0.05, 0) is 36.4 Å². The van der Waals surface area contributed by atoms with E-state index in [1.54, 1.807) is 29.4 Å². The first kappa shape index (κ1) is 14.8. The molecule has 4 rings (SSSR count). The van der Waals surface area contributed by atoms with E-state index >= 15 is 0 Å². The third-order valence-electron chi connectivity index (χ3n) is 3.97. The SMILES string of the molecule is O=C1C[C@H](c2nc(-c3cccnc3)no2)CN1c1ccc(Cl)cc1. The zero-order valence-electron chi connectivity index (χ0n) is 12.6. The van der Waals surface area contributed by atoms with Crippen molar-refractivity contribution in [3.8, 4) is 11.4 Å². The molecule has 3 aromatic rings. The van der Waals surface area contributed by atoms with Gasteiger partial charge in [-0.25, -0.2) is 0 Å². The number of aromatic nitrogens is 3. The molecule has 0 N–H and O–H groups in total. The normalized spacial score (nSPS) is 17.5. The molecule has 1 aliphatic heterocycles. The van der Waals surface area contributed by atoms with Gasteiger partial charge in [0.2, 0.25) is 17.6 Å². The van der Waals surface area contributed by atoms with Crippen molar-refractivity contribution in [3.63, 3.8) is 0 Å². The van der Waals surface area contributed by atoms with Crippen molar-refractivity contribution in [1.82, 2.24) is 15.1 Å². The van der Waals surface area contributed by atoms with Gasteiger partial charge in [0.05, 0.1) is 5.92 Å². The molecule has 1 aliphatic rings. The Balaban J connectivity index is 1.55. The van der Waals surface area contributed by atoms with Crippen molar-refractivity contribution in [2.24, 2.45) is 0 Å². The number of hydrogen-bond donors (Lipinski definition) is 0. The fourth-order valence-corrected chi connectivity index (χ4v) is 2.88. The van der Waals surface area contributed by atoms with E-state index in [9.17, 15) is 4.79 Å². The Kier molecular flexibility index (Phi) is 3.74. The lowest BCUT2D eigenvalue weighted by Crippen LogP contribution is -2.24. The Hall–Kier alpha value is -2.73.